The van der Waals surface area contributed by atoms with Crippen molar-refractivity contribution in [2.75, 3.05) is 20.3 Å². The van der Waals surface area contributed by atoms with Crippen molar-refractivity contribution in [1.29, 1.82) is 0 Å². The third-order valence-electron chi connectivity index (χ3n) is 3.22. The smallest absolute Gasteiger partial charge is 0.129 e. The molecule has 0 radical (unpaired) electrons. The zero-order valence-electron chi connectivity index (χ0n) is 12.2. The Morgan fingerprint density at radius 2 is 2.00 bits per heavy atom. The Kier molecular flexibility index (Phi) is 6.58. The molecule has 0 saturated carbocycles. The number of benzene rings is 1. The van der Waals surface area contributed by atoms with Crippen LogP contribution < -0.4 is 0 Å². The highest BCUT2D eigenvalue weighted by Crippen LogP contribution is 2.20. The van der Waals surface area contributed by atoms with Crippen molar-refractivity contribution < 1.29 is 9.13 Å². The molecule has 0 saturated heterocycles. The van der Waals surface area contributed by atoms with Crippen molar-refractivity contribution in [2.45, 2.75) is 13.1 Å². The van der Waals surface area contributed by atoms with E-state index in [-0.39, 0.29) is 5.82 Å². The summed E-state index contributed by atoms with van der Waals surface area (Å²) in [6.45, 7) is 2.60. The summed E-state index contributed by atoms with van der Waals surface area (Å²) in [4.78, 5) is 6.14. The first-order chi connectivity index (χ1) is 10.6. The molecule has 0 aliphatic carbocycles. The van der Waals surface area contributed by atoms with Crippen molar-refractivity contribution in [3.63, 3.8) is 0 Å². The van der Waals surface area contributed by atoms with E-state index in [4.69, 9.17) is 27.9 Å². The fourth-order valence-electron chi connectivity index (χ4n) is 2.12. The van der Waals surface area contributed by atoms with E-state index in [2.05, 4.69) is 9.88 Å². The summed E-state index contributed by atoms with van der Waals surface area (Å²) in [5.74, 6) is -0.335. The maximum atomic E-state index is 13.1. The zero-order valence-corrected chi connectivity index (χ0v) is 13.7. The van der Waals surface area contributed by atoms with Gasteiger partial charge in [-0.05, 0) is 35.4 Å². The standard InChI is InChI=1S/C16H17Cl2FN2O/c1-22-7-6-21(10-12-4-5-20-16(18)8-12)11-13-2-3-14(19)9-15(13)17/h2-5,8-9H,6-7,10-11H2,1H3. The second-order valence-electron chi connectivity index (χ2n) is 4.93. The predicted molar refractivity (Wildman–Crippen MR) is 86.6 cm³/mol. The molecule has 0 unspecified atom stereocenters. The SMILES string of the molecule is COCCN(Cc1ccnc(Cl)c1)Cc1ccc(F)cc1Cl. The normalized spacial score (nSPS) is 11.1. The van der Waals surface area contributed by atoms with Gasteiger partial charge in [0.1, 0.15) is 11.0 Å². The van der Waals surface area contributed by atoms with Crippen LogP contribution >= 0.6 is 23.2 Å². The van der Waals surface area contributed by atoms with Gasteiger partial charge in [-0.25, -0.2) is 9.37 Å². The summed E-state index contributed by atoms with van der Waals surface area (Å²) in [7, 11) is 1.66. The largest absolute Gasteiger partial charge is 0.383 e. The summed E-state index contributed by atoms with van der Waals surface area (Å²) >= 11 is 12.0. The lowest BCUT2D eigenvalue weighted by Crippen LogP contribution is -2.26. The van der Waals surface area contributed by atoms with Crippen LogP contribution in [0.3, 0.4) is 0 Å². The Balaban J connectivity index is 2.11. The monoisotopic (exact) mass is 342 g/mol. The molecule has 22 heavy (non-hydrogen) atoms. The minimum atomic E-state index is -0.335. The van der Waals surface area contributed by atoms with Gasteiger partial charge in [-0.2, -0.15) is 0 Å². The summed E-state index contributed by atoms with van der Waals surface area (Å²) in [6, 6.07) is 8.19. The van der Waals surface area contributed by atoms with Crippen LogP contribution in [0.25, 0.3) is 0 Å². The van der Waals surface area contributed by atoms with Gasteiger partial charge < -0.3 is 4.74 Å². The molecule has 0 fully saturated rings. The Bertz CT molecular complexity index is 625. The summed E-state index contributed by atoms with van der Waals surface area (Å²) in [5, 5.41) is 0.888. The fourth-order valence-corrected chi connectivity index (χ4v) is 2.55. The van der Waals surface area contributed by atoms with E-state index in [1.807, 2.05) is 12.1 Å². The molecular formula is C16H17Cl2FN2O. The number of hydrogen-bond acceptors (Lipinski definition) is 3. The van der Waals surface area contributed by atoms with Gasteiger partial charge >= 0.3 is 0 Å². The Hall–Kier alpha value is -1.20. The minimum absolute atomic E-state index is 0.335. The lowest BCUT2D eigenvalue weighted by molar-refractivity contribution is 0.140. The highest BCUT2D eigenvalue weighted by atomic mass is 35.5. The van der Waals surface area contributed by atoms with Gasteiger partial charge in [-0.3, -0.25) is 4.90 Å². The molecule has 0 atom stereocenters. The third-order valence-corrected chi connectivity index (χ3v) is 3.78. The molecule has 6 heteroatoms. The molecule has 0 amide bonds. The van der Waals surface area contributed by atoms with Gasteiger partial charge in [-0.15, -0.1) is 0 Å². The Morgan fingerprint density at radius 1 is 1.18 bits per heavy atom. The predicted octanol–water partition coefficient (Wildman–Crippen LogP) is 4.18. The molecule has 1 heterocycles. The van der Waals surface area contributed by atoms with E-state index in [0.717, 1.165) is 17.7 Å². The number of halogens is 3. The molecule has 1 aromatic heterocycles. The fraction of sp³-hybridized carbons (Fsp3) is 0.312. The average Bonchev–Trinajstić information content (AvgIpc) is 2.47. The van der Waals surface area contributed by atoms with Gasteiger partial charge in [0.15, 0.2) is 0 Å². The third kappa shape index (κ3) is 5.21. The molecular weight excluding hydrogens is 326 g/mol. The topological polar surface area (TPSA) is 25.4 Å². The first-order valence-electron chi connectivity index (χ1n) is 6.84. The molecule has 2 rings (SSSR count). The van der Waals surface area contributed by atoms with E-state index in [1.165, 1.54) is 12.1 Å². The number of aromatic nitrogens is 1. The second kappa shape index (κ2) is 8.44. The lowest BCUT2D eigenvalue weighted by Gasteiger charge is -2.22. The average molecular weight is 343 g/mol. The maximum absolute atomic E-state index is 13.1. The Labute approximate surface area is 139 Å². The number of methoxy groups -OCH3 is 1. The highest BCUT2D eigenvalue weighted by molar-refractivity contribution is 6.31. The minimum Gasteiger partial charge on any atom is -0.383 e. The van der Waals surface area contributed by atoms with Crippen LogP contribution in [0.4, 0.5) is 4.39 Å². The number of ether oxygens (including phenoxy) is 1. The van der Waals surface area contributed by atoms with Crippen molar-refractivity contribution >= 4 is 23.2 Å². The first kappa shape index (κ1) is 17.2. The summed E-state index contributed by atoms with van der Waals surface area (Å²) in [5.41, 5.74) is 1.92. The number of pyridine rings is 1. The van der Waals surface area contributed by atoms with Crippen LogP contribution in [0.5, 0.6) is 0 Å². The molecule has 0 N–H and O–H groups in total. The van der Waals surface area contributed by atoms with E-state index in [1.54, 1.807) is 19.4 Å². The Morgan fingerprint density at radius 3 is 2.68 bits per heavy atom. The summed E-state index contributed by atoms with van der Waals surface area (Å²) in [6.07, 6.45) is 1.68. The van der Waals surface area contributed by atoms with Gasteiger partial charge in [0.2, 0.25) is 0 Å². The maximum Gasteiger partial charge on any atom is 0.129 e. The van der Waals surface area contributed by atoms with Crippen LogP contribution in [0, 0.1) is 5.82 Å². The zero-order chi connectivity index (χ0) is 15.9. The van der Waals surface area contributed by atoms with Crippen LogP contribution in [0.2, 0.25) is 10.2 Å². The summed E-state index contributed by atoms with van der Waals surface area (Å²) < 4.78 is 18.3. The van der Waals surface area contributed by atoms with E-state index < -0.39 is 0 Å². The van der Waals surface area contributed by atoms with Crippen molar-refractivity contribution in [3.05, 3.63) is 63.6 Å². The van der Waals surface area contributed by atoms with Crippen molar-refractivity contribution in [2.24, 2.45) is 0 Å². The van der Waals surface area contributed by atoms with Gasteiger partial charge in [0.25, 0.3) is 0 Å². The van der Waals surface area contributed by atoms with Crippen LogP contribution in [0.1, 0.15) is 11.1 Å². The molecule has 3 nitrogen and oxygen atoms in total. The molecule has 0 aliphatic heterocycles. The molecule has 1 aromatic carbocycles. The van der Waals surface area contributed by atoms with Gasteiger partial charge in [0, 0.05) is 38.0 Å². The molecule has 2 aromatic rings. The van der Waals surface area contributed by atoms with Crippen LogP contribution in [-0.2, 0) is 17.8 Å². The van der Waals surface area contributed by atoms with E-state index in [9.17, 15) is 4.39 Å². The highest BCUT2D eigenvalue weighted by Gasteiger charge is 2.10. The molecule has 0 spiro atoms. The van der Waals surface area contributed by atoms with Crippen molar-refractivity contribution in [1.82, 2.24) is 9.88 Å². The second-order valence-corrected chi connectivity index (χ2v) is 5.72. The van der Waals surface area contributed by atoms with Gasteiger partial charge in [0.05, 0.1) is 6.61 Å². The lowest BCUT2D eigenvalue weighted by atomic mass is 10.2. The van der Waals surface area contributed by atoms with E-state index in [0.29, 0.717) is 29.9 Å². The number of rotatable bonds is 7. The number of nitrogens with zero attached hydrogens (tertiary/aromatic N) is 2. The van der Waals surface area contributed by atoms with E-state index >= 15 is 0 Å². The first-order valence-corrected chi connectivity index (χ1v) is 7.59. The molecule has 118 valence electrons. The molecule has 0 bridgehead atoms. The van der Waals surface area contributed by atoms with Crippen LogP contribution in [0.15, 0.2) is 36.5 Å². The van der Waals surface area contributed by atoms with Crippen molar-refractivity contribution in [3.8, 4) is 0 Å². The van der Waals surface area contributed by atoms with Crippen LogP contribution in [-0.4, -0.2) is 30.1 Å². The number of hydrogen-bond donors (Lipinski definition) is 0. The van der Waals surface area contributed by atoms with Gasteiger partial charge in [-0.1, -0.05) is 29.3 Å². The molecule has 0 aliphatic rings. The quantitative estimate of drug-likeness (QED) is 0.706.